The van der Waals surface area contributed by atoms with Crippen LogP contribution in [0.2, 0.25) is 10.0 Å². The van der Waals surface area contributed by atoms with Crippen LogP contribution in [-0.2, 0) is 11.2 Å². The number of carbonyl (C=O) groups excluding carboxylic acids is 1. The van der Waals surface area contributed by atoms with Crippen molar-refractivity contribution in [1.29, 1.82) is 0 Å². The Kier molecular flexibility index (Phi) is 7.40. The number of ether oxygens (including phenoxy) is 2. The van der Waals surface area contributed by atoms with Gasteiger partial charge in [-0.1, -0.05) is 23.2 Å². The van der Waals surface area contributed by atoms with Gasteiger partial charge in [0.1, 0.15) is 30.0 Å². The summed E-state index contributed by atoms with van der Waals surface area (Å²) in [4.78, 5) is 14.7. The van der Waals surface area contributed by atoms with E-state index in [1.165, 1.54) is 12.1 Å². The second-order valence-corrected chi connectivity index (χ2v) is 9.03. The lowest BCUT2D eigenvalue weighted by molar-refractivity contribution is -0.128. The number of amides is 1. The molecule has 4 rings (SSSR count). The Morgan fingerprint density at radius 1 is 1.25 bits per heavy atom. The van der Waals surface area contributed by atoms with Crippen LogP contribution in [0.15, 0.2) is 36.4 Å². The third-order valence-corrected chi connectivity index (χ3v) is 6.27. The van der Waals surface area contributed by atoms with Gasteiger partial charge in [0.05, 0.1) is 5.02 Å². The van der Waals surface area contributed by atoms with Crippen molar-refractivity contribution in [3.8, 4) is 11.5 Å². The molecule has 2 aromatic rings. The predicted molar refractivity (Wildman–Crippen MR) is 120 cm³/mol. The second kappa shape index (κ2) is 10.3. The van der Waals surface area contributed by atoms with E-state index in [1.54, 1.807) is 18.2 Å². The van der Waals surface area contributed by atoms with Crippen LogP contribution in [-0.4, -0.2) is 60.4 Å². The number of hydrogen-bond acceptors (Lipinski definition) is 5. The number of fused-ring (bicyclic) bond motifs is 1. The van der Waals surface area contributed by atoms with Gasteiger partial charge in [-0.2, -0.15) is 0 Å². The number of rotatable bonds is 7. The number of carbonyl (C=O) groups is 1. The predicted octanol–water partition coefficient (Wildman–Crippen LogP) is 3.46. The van der Waals surface area contributed by atoms with Crippen LogP contribution in [0.4, 0.5) is 4.39 Å². The van der Waals surface area contributed by atoms with Gasteiger partial charge in [0.2, 0.25) is 0 Å². The summed E-state index contributed by atoms with van der Waals surface area (Å²) in [6.45, 7) is 2.00. The zero-order chi connectivity index (χ0) is 22.7. The molecule has 0 aliphatic carbocycles. The van der Waals surface area contributed by atoms with Crippen molar-refractivity contribution in [2.24, 2.45) is 0 Å². The van der Waals surface area contributed by atoms with Crippen LogP contribution in [0.25, 0.3) is 0 Å². The Hall–Kier alpha value is -2.06. The van der Waals surface area contributed by atoms with Crippen molar-refractivity contribution in [2.45, 2.75) is 37.5 Å². The lowest BCUT2D eigenvalue weighted by atomic mass is 10.0. The first-order chi connectivity index (χ1) is 15.4. The average Bonchev–Trinajstić information content (AvgIpc) is 3.19. The number of hydrogen-bond donors (Lipinski definition) is 2. The van der Waals surface area contributed by atoms with Crippen LogP contribution < -0.4 is 14.8 Å². The van der Waals surface area contributed by atoms with Gasteiger partial charge in [0, 0.05) is 43.2 Å². The molecule has 1 fully saturated rings. The van der Waals surface area contributed by atoms with E-state index >= 15 is 0 Å². The first-order valence-corrected chi connectivity index (χ1v) is 11.4. The van der Waals surface area contributed by atoms with Crippen molar-refractivity contribution in [2.75, 3.05) is 26.2 Å². The molecule has 2 atom stereocenters. The maximum absolute atomic E-state index is 13.5. The van der Waals surface area contributed by atoms with E-state index in [1.807, 2.05) is 6.07 Å². The van der Waals surface area contributed by atoms with Crippen molar-refractivity contribution >= 4 is 29.1 Å². The van der Waals surface area contributed by atoms with E-state index in [4.69, 9.17) is 32.7 Å². The third-order valence-electron chi connectivity index (χ3n) is 5.73. The number of halogens is 3. The minimum atomic E-state index is -0.711. The van der Waals surface area contributed by atoms with E-state index in [0.29, 0.717) is 29.5 Å². The quantitative estimate of drug-likeness (QED) is 0.632. The molecule has 172 valence electrons. The van der Waals surface area contributed by atoms with Crippen molar-refractivity contribution in [3.05, 3.63) is 57.8 Å². The summed E-state index contributed by atoms with van der Waals surface area (Å²) in [5.74, 6) is 0.366. The van der Waals surface area contributed by atoms with E-state index < -0.39 is 18.0 Å². The molecule has 32 heavy (non-hydrogen) atoms. The van der Waals surface area contributed by atoms with Crippen molar-refractivity contribution < 1.29 is 23.8 Å². The molecule has 2 N–H and O–H groups in total. The summed E-state index contributed by atoms with van der Waals surface area (Å²) in [5.41, 5.74) is 0.949. The van der Waals surface area contributed by atoms with E-state index in [0.717, 1.165) is 31.5 Å². The molecule has 2 heterocycles. The average molecular weight is 483 g/mol. The van der Waals surface area contributed by atoms with E-state index in [2.05, 4.69) is 10.2 Å². The second-order valence-electron chi connectivity index (χ2n) is 8.19. The molecule has 9 heteroatoms. The summed E-state index contributed by atoms with van der Waals surface area (Å²) in [5, 5.41) is 14.0. The molecular formula is C23H25Cl2FN2O4. The zero-order valence-corrected chi connectivity index (χ0v) is 18.9. The summed E-state index contributed by atoms with van der Waals surface area (Å²) < 4.78 is 24.7. The Labute approximate surface area is 196 Å². The molecule has 0 aromatic heterocycles. The highest BCUT2D eigenvalue weighted by Crippen LogP contribution is 2.31. The van der Waals surface area contributed by atoms with Gasteiger partial charge >= 0.3 is 0 Å². The Morgan fingerprint density at radius 2 is 2.03 bits per heavy atom. The highest BCUT2D eigenvalue weighted by molar-refractivity contribution is 6.31. The van der Waals surface area contributed by atoms with Crippen molar-refractivity contribution in [3.63, 3.8) is 0 Å². The highest BCUT2D eigenvalue weighted by atomic mass is 35.5. The van der Waals surface area contributed by atoms with Gasteiger partial charge in [-0.15, -0.1) is 0 Å². The van der Waals surface area contributed by atoms with Gasteiger partial charge < -0.3 is 24.8 Å². The van der Waals surface area contributed by atoms with Gasteiger partial charge in [-0.3, -0.25) is 4.79 Å². The van der Waals surface area contributed by atoms with Crippen LogP contribution in [0, 0.1) is 5.82 Å². The fourth-order valence-corrected chi connectivity index (χ4v) is 4.34. The number of benzene rings is 2. The topological polar surface area (TPSA) is 71.0 Å². The van der Waals surface area contributed by atoms with Crippen LogP contribution in [0.5, 0.6) is 11.5 Å². The molecule has 2 aliphatic rings. The Bertz CT molecular complexity index is 969. The smallest absolute Gasteiger partial charge is 0.261 e. The molecule has 2 unspecified atom stereocenters. The maximum atomic E-state index is 13.5. The third kappa shape index (κ3) is 5.84. The summed E-state index contributed by atoms with van der Waals surface area (Å²) >= 11 is 11.7. The van der Waals surface area contributed by atoms with E-state index in [-0.39, 0.29) is 23.6 Å². The van der Waals surface area contributed by atoms with Crippen molar-refractivity contribution in [1.82, 2.24) is 10.2 Å². The summed E-state index contributed by atoms with van der Waals surface area (Å²) in [6, 6.07) is 9.63. The van der Waals surface area contributed by atoms with Gasteiger partial charge in [-0.25, -0.2) is 4.39 Å². The van der Waals surface area contributed by atoms with Gasteiger partial charge in [0.25, 0.3) is 5.91 Å². The zero-order valence-electron chi connectivity index (χ0n) is 17.4. The molecule has 0 spiro atoms. The number of β-amino-alcohol motifs (C(OH)–C–C–N with tert-alkyl or cyclic N) is 1. The molecule has 6 nitrogen and oxygen atoms in total. The lowest BCUT2D eigenvalue weighted by Crippen LogP contribution is -2.49. The molecule has 0 bridgehead atoms. The molecule has 0 radical (unpaired) electrons. The number of aliphatic hydroxyl groups excluding tert-OH is 1. The molecule has 2 aliphatic heterocycles. The monoisotopic (exact) mass is 482 g/mol. The number of piperidine rings is 1. The molecular weight excluding hydrogens is 458 g/mol. The highest BCUT2D eigenvalue weighted by Gasteiger charge is 2.31. The SMILES string of the molecule is O=C(NC1CCN(CC(O)COc2ccc(Cl)c(F)c2)CC1)C1Cc2cc(Cl)ccc2O1. The minimum absolute atomic E-state index is 0.0290. The molecule has 0 saturated carbocycles. The summed E-state index contributed by atoms with van der Waals surface area (Å²) in [7, 11) is 0. The lowest BCUT2D eigenvalue weighted by Gasteiger charge is -2.33. The van der Waals surface area contributed by atoms with Gasteiger partial charge in [-0.05, 0) is 48.7 Å². The normalized spacial score (nSPS) is 19.8. The van der Waals surface area contributed by atoms with Crippen LogP contribution in [0.1, 0.15) is 18.4 Å². The number of nitrogens with zero attached hydrogens (tertiary/aromatic N) is 1. The number of nitrogens with one attached hydrogen (secondary N) is 1. The largest absolute Gasteiger partial charge is 0.491 e. The first-order valence-electron chi connectivity index (χ1n) is 10.6. The first kappa shape index (κ1) is 23.1. The Balaban J connectivity index is 1.16. The molecule has 2 aromatic carbocycles. The van der Waals surface area contributed by atoms with Gasteiger partial charge in [0.15, 0.2) is 6.10 Å². The standard InChI is InChI=1S/C23H25Cl2FN2O4/c24-15-1-4-21-14(9-15)10-22(32-21)23(30)27-16-5-7-28(8-6-16)12-17(29)13-31-18-2-3-19(25)20(26)11-18/h1-4,9,11,16-17,22,29H,5-8,10,12-13H2,(H,27,30). The minimum Gasteiger partial charge on any atom is -0.491 e. The van der Waals surface area contributed by atoms with Crippen LogP contribution >= 0.6 is 23.2 Å². The summed E-state index contributed by atoms with van der Waals surface area (Å²) in [6.07, 6.45) is 0.848. The maximum Gasteiger partial charge on any atom is 0.261 e. The fourth-order valence-electron chi connectivity index (χ4n) is 4.03. The molecule has 1 saturated heterocycles. The van der Waals surface area contributed by atoms with E-state index in [9.17, 15) is 14.3 Å². The number of likely N-dealkylation sites (tertiary alicyclic amines) is 1. The molecule has 1 amide bonds. The van der Waals surface area contributed by atoms with Crippen LogP contribution in [0.3, 0.4) is 0 Å². The number of aliphatic hydroxyl groups is 1. The Morgan fingerprint density at radius 3 is 2.78 bits per heavy atom. The fraction of sp³-hybridized carbons (Fsp3) is 0.435.